The molecule has 1 rings (SSSR count). The molecule has 2 heteroatoms. The normalized spacial score (nSPS) is 11.7. The minimum Gasteiger partial charge on any atom is -0.508 e. The van der Waals surface area contributed by atoms with Gasteiger partial charge in [0.25, 0.3) is 0 Å². The van der Waals surface area contributed by atoms with E-state index in [2.05, 4.69) is 26.1 Å². The number of nitrogens with one attached hydrogen (secondary N) is 1. The van der Waals surface area contributed by atoms with Crippen LogP contribution in [-0.2, 0) is 6.54 Å². The summed E-state index contributed by atoms with van der Waals surface area (Å²) in [6, 6.07) is 5.67. The highest BCUT2D eigenvalue weighted by Gasteiger charge is 2.09. The van der Waals surface area contributed by atoms with Crippen LogP contribution in [0.1, 0.15) is 31.9 Å². The van der Waals surface area contributed by atoms with E-state index in [0.717, 1.165) is 5.56 Å². The van der Waals surface area contributed by atoms with E-state index in [1.807, 2.05) is 19.1 Å². The highest BCUT2D eigenvalue weighted by Crippen LogP contribution is 2.18. The topological polar surface area (TPSA) is 32.3 Å². The number of phenolic OH excluding ortho intramolecular Hbond substituents is 1. The first kappa shape index (κ1) is 11.1. The van der Waals surface area contributed by atoms with Crippen molar-refractivity contribution in [3.63, 3.8) is 0 Å². The SMILES string of the molecule is Cc1ccc(O)c(CNC(C)(C)C)c1. The number of hydrogen-bond donors (Lipinski definition) is 2. The summed E-state index contributed by atoms with van der Waals surface area (Å²) < 4.78 is 0. The van der Waals surface area contributed by atoms with E-state index in [4.69, 9.17) is 0 Å². The van der Waals surface area contributed by atoms with Gasteiger partial charge < -0.3 is 10.4 Å². The third kappa shape index (κ3) is 3.38. The largest absolute Gasteiger partial charge is 0.508 e. The third-order valence-corrected chi connectivity index (χ3v) is 2.04. The lowest BCUT2D eigenvalue weighted by atomic mass is 10.1. The van der Waals surface area contributed by atoms with Crippen molar-refractivity contribution in [1.29, 1.82) is 0 Å². The van der Waals surface area contributed by atoms with Crippen LogP contribution >= 0.6 is 0 Å². The maximum absolute atomic E-state index is 9.59. The first-order valence-electron chi connectivity index (χ1n) is 4.92. The fourth-order valence-corrected chi connectivity index (χ4v) is 1.22. The quantitative estimate of drug-likeness (QED) is 0.756. The molecule has 0 amide bonds. The molecule has 2 N–H and O–H groups in total. The molecule has 0 aliphatic rings. The van der Waals surface area contributed by atoms with Crippen LogP contribution < -0.4 is 5.32 Å². The van der Waals surface area contributed by atoms with Crippen LogP contribution in [0, 0.1) is 6.92 Å². The van der Waals surface area contributed by atoms with Crippen LogP contribution in [0.2, 0.25) is 0 Å². The lowest BCUT2D eigenvalue weighted by molar-refractivity contribution is 0.412. The minimum absolute atomic E-state index is 0.0795. The molecule has 0 saturated carbocycles. The molecule has 0 unspecified atom stereocenters. The molecule has 0 aliphatic heterocycles. The van der Waals surface area contributed by atoms with Crippen LogP contribution in [0.25, 0.3) is 0 Å². The second kappa shape index (κ2) is 4.01. The van der Waals surface area contributed by atoms with E-state index >= 15 is 0 Å². The molecule has 0 atom stereocenters. The molecule has 78 valence electrons. The van der Waals surface area contributed by atoms with Gasteiger partial charge in [-0.2, -0.15) is 0 Å². The average molecular weight is 193 g/mol. The molecule has 0 fully saturated rings. The Morgan fingerprint density at radius 1 is 1.29 bits per heavy atom. The van der Waals surface area contributed by atoms with Gasteiger partial charge in [0.05, 0.1) is 0 Å². The monoisotopic (exact) mass is 193 g/mol. The van der Waals surface area contributed by atoms with Gasteiger partial charge >= 0.3 is 0 Å². The van der Waals surface area contributed by atoms with Crippen LogP contribution in [-0.4, -0.2) is 10.6 Å². The van der Waals surface area contributed by atoms with Crippen LogP contribution in [0.5, 0.6) is 5.75 Å². The van der Waals surface area contributed by atoms with Gasteiger partial charge in [-0.25, -0.2) is 0 Å². The Hall–Kier alpha value is -1.02. The van der Waals surface area contributed by atoms with Gasteiger partial charge in [0.2, 0.25) is 0 Å². The molecular weight excluding hydrogens is 174 g/mol. The highest BCUT2D eigenvalue weighted by molar-refractivity contribution is 5.35. The zero-order valence-corrected chi connectivity index (χ0v) is 9.39. The first-order valence-corrected chi connectivity index (χ1v) is 4.92. The van der Waals surface area contributed by atoms with E-state index < -0.39 is 0 Å². The van der Waals surface area contributed by atoms with Gasteiger partial charge in [-0.3, -0.25) is 0 Å². The third-order valence-electron chi connectivity index (χ3n) is 2.04. The van der Waals surface area contributed by atoms with Crippen LogP contribution in [0.4, 0.5) is 0 Å². The van der Waals surface area contributed by atoms with Crippen LogP contribution in [0.3, 0.4) is 0 Å². The van der Waals surface area contributed by atoms with Crippen molar-refractivity contribution in [2.75, 3.05) is 0 Å². The lowest BCUT2D eigenvalue weighted by Crippen LogP contribution is -2.35. The summed E-state index contributed by atoms with van der Waals surface area (Å²) in [5, 5.41) is 12.9. The molecule has 1 aromatic rings. The predicted molar refractivity (Wildman–Crippen MR) is 59.4 cm³/mol. The second-order valence-corrected chi connectivity index (χ2v) is 4.74. The van der Waals surface area contributed by atoms with E-state index in [1.165, 1.54) is 5.56 Å². The van der Waals surface area contributed by atoms with Crippen molar-refractivity contribution in [1.82, 2.24) is 5.32 Å². The predicted octanol–water partition coefficient (Wildman–Crippen LogP) is 2.59. The molecule has 0 spiro atoms. The maximum atomic E-state index is 9.59. The van der Waals surface area contributed by atoms with Gasteiger partial charge in [-0.1, -0.05) is 17.7 Å². The van der Waals surface area contributed by atoms with E-state index in [0.29, 0.717) is 12.3 Å². The van der Waals surface area contributed by atoms with Crippen LogP contribution in [0.15, 0.2) is 18.2 Å². The molecule has 0 aliphatic carbocycles. The lowest BCUT2D eigenvalue weighted by Gasteiger charge is -2.21. The summed E-state index contributed by atoms with van der Waals surface area (Å²) in [5.74, 6) is 0.368. The zero-order valence-electron chi connectivity index (χ0n) is 9.39. The van der Waals surface area contributed by atoms with Gasteiger partial charge in [0, 0.05) is 17.6 Å². The molecule has 0 saturated heterocycles. The Kier molecular flexibility index (Phi) is 3.17. The molecule has 2 nitrogen and oxygen atoms in total. The van der Waals surface area contributed by atoms with E-state index in [-0.39, 0.29) is 5.54 Å². The molecule has 0 aromatic heterocycles. The first-order chi connectivity index (χ1) is 6.38. The molecule has 0 radical (unpaired) electrons. The summed E-state index contributed by atoms with van der Waals surface area (Å²) >= 11 is 0. The van der Waals surface area contributed by atoms with Crippen molar-refractivity contribution < 1.29 is 5.11 Å². The smallest absolute Gasteiger partial charge is 0.120 e. The summed E-state index contributed by atoms with van der Waals surface area (Å²) in [5.41, 5.74) is 2.21. The summed E-state index contributed by atoms with van der Waals surface area (Å²) in [6.07, 6.45) is 0. The second-order valence-electron chi connectivity index (χ2n) is 4.74. The van der Waals surface area contributed by atoms with Gasteiger partial charge in [0.15, 0.2) is 0 Å². The Bertz CT molecular complexity index is 313. The fourth-order valence-electron chi connectivity index (χ4n) is 1.22. The zero-order chi connectivity index (χ0) is 10.8. The van der Waals surface area contributed by atoms with Crippen molar-refractivity contribution >= 4 is 0 Å². The summed E-state index contributed by atoms with van der Waals surface area (Å²) in [6.45, 7) is 9.07. The van der Waals surface area contributed by atoms with E-state index in [1.54, 1.807) is 6.07 Å². The number of benzene rings is 1. The highest BCUT2D eigenvalue weighted by atomic mass is 16.3. The number of rotatable bonds is 2. The van der Waals surface area contributed by atoms with Crippen molar-refractivity contribution in [2.24, 2.45) is 0 Å². The Balaban J connectivity index is 2.72. The number of hydrogen-bond acceptors (Lipinski definition) is 2. The Morgan fingerprint density at radius 2 is 1.93 bits per heavy atom. The molecule has 14 heavy (non-hydrogen) atoms. The minimum atomic E-state index is 0.0795. The Morgan fingerprint density at radius 3 is 2.50 bits per heavy atom. The van der Waals surface area contributed by atoms with E-state index in [9.17, 15) is 5.11 Å². The molecule has 0 heterocycles. The van der Waals surface area contributed by atoms with Gasteiger partial charge in [-0.15, -0.1) is 0 Å². The summed E-state index contributed by atoms with van der Waals surface area (Å²) in [4.78, 5) is 0. The maximum Gasteiger partial charge on any atom is 0.120 e. The van der Waals surface area contributed by atoms with Gasteiger partial charge in [0.1, 0.15) is 5.75 Å². The molecule has 1 aromatic carbocycles. The van der Waals surface area contributed by atoms with Crippen molar-refractivity contribution in [3.05, 3.63) is 29.3 Å². The standard InChI is InChI=1S/C12H19NO/c1-9-5-6-11(14)10(7-9)8-13-12(2,3)4/h5-7,13-14H,8H2,1-4H3. The molecular formula is C12H19NO. The molecule has 0 bridgehead atoms. The average Bonchev–Trinajstić information content (AvgIpc) is 2.05. The van der Waals surface area contributed by atoms with Gasteiger partial charge in [-0.05, 0) is 33.8 Å². The summed E-state index contributed by atoms with van der Waals surface area (Å²) in [7, 11) is 0. The number of phenols is 1. The van der Waals surface area contributed by atoms with Crippen molar-refractivity contribution in [3.8, 4) is 5.75 Å². The number of aromatic hydroxyl groups is 1. The number of aryl methyl sites for hydroxylation is 1. The fraction of sp³-hybridized carbons (Fsp3) is 0.500. The van der Waals surface area contributed by atoms with Crippen molar-refractivity contribution in [2.45, 2.75) is 39.8 Å². The Labute approximate surface area is 86.0 Å².